The van der Waals surface area contributed by atoms with Crippen LogP contribution in [0.2, 0.25) is 0 Å². The fraction of sp³-hybridized carbons (Fsp3) is 0.125. The fourth-order valence-corrected chi connectivity index (χ4v) is 0.857. The van der Waals surface area contributed by atoms with Crippen molar-refractivity contribution in [1.29, 1.82) is 0 Å². The molecule has 2 nitrogen and oxygen atoms in total. The van der Waals surface area contributed by atoms with Crippen molar-refractivity contribution in [3.05, 3.63) is 29.8 Å². The van der Waals surface area contributed by atoms with Gasteiger partial charge in [0.15, 0.2) is 5.78 Å². The van der Waals surface area contributed by atoms with Crippen LogP contribution in [-0.2, 0) is 0 Å². The summed E-state index contributed by atoms with van der Waals surface area (Å²) in [6, 6.07) is 7.40. The van der Waals surface area contributed by atoms with E-state index in [0.717, 1.165) is 5.46 Å². The van der Waals surface area contributed by atoms with Crippen LogP contribution >= 0.6 is 0 Å². The molecule has 3 heteroatoms. The van der Waals surface area contributed by atoms with Crippen molar-refractivity contribution >= 4 is 19.1 Å². The van der Waals surface area contributed by atoms with Gasteiger partial charge in [0, 0.05) is 5.56 Å². The highest BCUT2D eigenvalue weighted by Gasteiger charge is 2.00. The minimum absolute atomic E-state index is 0.00926. The molecule has 0 radical (unpaired) electrons. The first-order valence-electron chi connectivity index (χ1n) is 3.54. The number of Topliss-reactive ketones (excluding diaryl/α,β-unsaturated/α-hetero) is 1. The van der Waals surface area contributed by atoms with E-state index in [2.05, 4.69) is 0 Å². The van der Waals surface area contributed by atoms with E-state index in [1.54, 1.807) is 12.1 Å². The number of carbonyl (C=O) groups excluding carboxylic acids is 1. The molecular weight excluding hydrogens is 137 g/mol. The summed E-state index contributed by atoms with van der Waals surface area (Å²) < 4.78 is 0. The van der Waals surface area contributed by atoms with Gasteiger partial charge in [0.2, 0.25) is 0 Å². The second kappa shape index (κ2) is 3.35. The number of hydrogen-bond acceptors (Lipinski definition) is 2. The summed E-state index contributed by atoms with van der Waals surface area (Å²) in [5, 5.41) is 0. The van der Waals surface area contributed by atoms with E-state index >= 15 is 0 Å². The highest BCUT2D eigenvalue weighted by Crippen LogP contribution is 1.96. The Balaban J connectivity index is 2.90. The molecule has 0 saturated heterocycles. The molecule has 0 aliphatic carbocycles. The SMILES string of the molecule is Bc1ccc(C(=O)CN)cc1. The van der Waals surface area contributed by atoms with Gasteiger partial charge in [-0.25, -0.2) is 0 Å². The van der Waals surface area contributed by atoms with Crippen molar-refractivity contribution in [2.75, 3.05) is 6.54 Å². The molecule has 0 aliphatic rings. The standard InChI is InChI=1S/C8H10BNO/c9-7-3-1-6(2-4-7)8(11)5-10/h1-4H,5,9-10H2. The van der Waals surface area contributed by atoms with Crippen LogP contribution < -0.4 is 11.2 Å². The van der Waals surface area contributed by atoms with Gasteiger partial charge in [-0.1, -0.05) is 29.7 Å². The molecule has 0 fully saturated rings. The number of hydrogen-bond donors (Lipinski definition) is 1. The van der Waals surface area contributed by atoms with Gasteiger partial charge in [-0.3, -0.25) is 4.79 Å². The summed E-state index contributed by atoms with van der Waals surface area (Å²) in [7, 11) is 1.98. The molecule has 1 aromatic rings. The van der Waals surface area contributed by atoms with E-state index in [4.69, 9.17) is 5.73 Å². The Morgan fingerprint density at radius 2 is 1.91 bits per heavy atom. The van der Waals surface area contributed by atoms with Crippen LogP contribution in [0.5, 0.6) is 0 Å². The summed E-state index contributed by atoms with van der Waals surface area (Å²) in [5.41, 5.74) is 7.04. The van der Waals surface area contributed by atoms with Crippen molar-refractivity contribution in [3.8, 4) is 0 Å². The van der Waals surface area contributed by atoms with Crippen LogP contribution in [0.4, 0.5) is 0 Å². The smallest absolute Gasteiger partial charge is 0.176 e. The molecule has 0 spiro atoms. The van der Waals surface area contributed by atoms with Crippen LogP contribution in [0.1, 0.15) is 10.4 Å². The normalized spacial score (nSPS) is 9.55. The average molecular weight is 147 g/mol. The Bertz CT molecular complexity index is 255. The van der Waals surface area contributed by atoms with Gasteiger partial charge in [0.25, 0.3) is 0 Å². The van der Waals surface area contributed by atoms with Gasteiger partial charge in [-0.15, -0.1) is 0 Å². The lowest BCUT2D eigenvalue weighted by Gasteiger charge is -1.96. The molecule has 0 aromatic heterocycles. The summed E-state index contributed by atoms with van der Waals surface area (Å²) in [6.45, 7) is 0.0864. The topological polar surface area (TPSA) is 43.1 Å². The molecule has 1 aromatic carbocycles. The number of benzene rings is 1. The van der Waals surface area contributed by atoms with Gasteiger partial charge in [0.1, 0.15) is 7.85 Å². The summed E-state index contributed by atoms with van der Waals surface area (Å²) in [5.74, 6) is -0.00926. The monoisotopic (exact) mass is 147 g/mol. The van der Waals surface area contributed by atoms with E-state index in [1.165, 1.54) is 0 Å². The van der Waals surface area contributed by atoms with Crippen molar-refractivity contribution < 1.29 is 4.79 Å². The molecule has 0 saturated carbocycles. The maximum absolute atomic E-state index is 11.0. The third-order valence-electron chi connectivity index (χ3n) is 1.56. The van der Waals surface area contributed by atoms with E-state index in [9.17, 15) is 4.79 Å². The lowest BCUT2D eigenvalue weighted by molar-refractivity contribution is 0.100. The highest BCUT2D eigenvalue weighted by atomic mass is 16.1. The van der Waals surface area contributed by atoms with E-state index in [1.807, 2.05) is 20.0 Å². The van der Waals surface area contributed by atoms with Crippen molar-refractivity contribution in [3.63, 3.8) is 0 Å². The number of ketones is 1. The summed E-state index contributed by atoms with van der Waals surface area (Å²) >= 11 is 0. The molecule has 0 amide bonds. The number of nitrogens with two attached hydrogens (primary N) is 1. The molecule has 0 unspecified atom stereocenters. The lowest BCUT2D eigenvalue weighted by atomic mass is 9.95. The Labute approximate surface area is 66.8 Å². The average Bonchev–Trinajstić information content (AvgIpc) is 2.05. The van der Waals surface area contributed by atoms with Gasteiger partial charge in [-0.2, -0.15) is 0 Å². The second-order valence-electron chi connectivity index (χ2n) is 2.49. The third-order valence-corrected chi connectivity index (χ3v) is 1.56. The quantitative estimate of drug-likeness (QED) is 0.434. The van der Waals surface area contributed by atoms with E-state index in [-0.39, 0.29) is 12.3 Å². The van der Waals surface area contributed by atoms with Gasteiger partial charge in [0.05, 0.1) is 6.54 Å². The highest BCUT2D eigenvalue weighted by molar-refractivity contribution is 6.32. The van der Waals surface area contributed by atoms with Crippen molar-refractivity contribution in [2.24, 2.45) is 5.73 Å². The van der Waals surface area contributed by atoms with Gasteiger partial charge in [-0.05, 0) is 0 Å². The lowest BCUT2D eigenvalue weighted by Crippen LogP contribution is -2.14. The first-order valence-corrected chi connectivity index (χ1v) is 3.54. The zero-order valence-corrected chi connectivity index (χ0v) is 6.50. The molecule has 56 valence electrons. The van der Waals surface area contributed by atoms with Gasteiger partial charge < -0.3 is 5.73 Å². The van der Waals surface area contributed by atoms with Crippen LogP contribution in [-0.4, -0.2) is 20.2 Å². The van der Waals surface area contributed by atoms with E-state index in [0.29, 0.717) is 5.56 Å². The van der Waals surface area contributed by atoms with Crippen LogP contribution in [0.3, 0.4) is 0 Å². The van der Waals surface area contributed by atoms with Crippen LogP contribution in [0.15, 0.2) is 24.3 Å². The third kappa shape index (κ3) is 1.92. The molecule has 0 aliphatic heterocycles. The minimum atomic E-state index is -0.00926. The predicted molar refractivity (Wildman–Crippen MR) is 48.0 cm³/mol. The second-order valence-corrected chi connectivity index (χ2v) is 2.49. The Morgan fingerprint density at radius 3 is 2.36 bits per heavy atom. The van der Waals surface area contributed by atoms with Gasteiger partial charge >= 0.3 is 0 Å². The molecular formula is C8H10BNO. The largest absolute Gasteiger partial charge is 0.324 e. The zero-order chi connectivity index (χ0) is 8.27. The molecule has 1 rings (SSSR count). The molecule has 0 bridgehead atoms. The first-order chi connectivity index (χ1) is 5.24. The van der Waals surface area contributed by atoms with Crippen molar-refractivity contribution in [2.45, 2.75) is 0 Å². The molecule has 2 N–H and O–H groups in total. The maximum Gasteiger partial charge on any atom is 0.176 e. The van der Waals surface area contributed by atoms with E-state index < -0.39 is 0 Å². The predicted octanol–water partition coefficient (Wildman–Crippen LogP) is -0.914. The summed E-state index contributed by atoms with van der Waals surface area (Å²) in [4.78, 5) is 11.0. The fourth-order valence-electron chi connectivity index (χ4n) is 0.857. The summed E-state index contributed by atoms with van der Waals surface area (Å²) in [6.07, 6.45) is 0. The number of rotatable bonds is 2. The Hall–Kier alpha value is -1.09. The minimum Gasteiger partial charge on any atom is -0.324 e. The first kappa shape index (κ1) is 8.02. The van der Waals surface area contributed by atoms with Crippen LogP contribution in [0.25, 0.3) is 0 Å². The van der Waals surface area contributed by atoms with Crippen LogP contribution in [0, 0.1) is 0 Å². The maximum atomic E-state index is 11.0. The number of carbonyl (C=O) groups is 1. The zero-order valence-electron chi connectivity index (χ0n) is 6.50. The van der Waals surface area contributed by atoms with Crippen molar-refractivity contribution in [1.82, 2.24) is 0 Å². The molecule has 0 heterocycles. The molecule has 11 heavy (non-hydrogen) atoms. The Kier molecular flexibility index (Phi) is 2.44. The molecule has 0 atom stereocenters. The Morgan fingerprint density at radius 1 is 1.36 bits per heavy atom.